The van der Waals surface area contributed by atoms with Gasteiger partial charge in [-0.05, 0) is 30.2 Å². The predicted octanol–water partition coefficient (Wildman–Crippen LogP) is 2.03. The molecule has 1 aromatic rings. The molecule has 23 heavy (non-hydrogen) atoms. The second-order valence-electron chi connectivity index (χ2n) is 5.43. The standard InChI is InChI=1S/C16H21ClN2O4/c1-4-10(2)14(16(23)19(3)9-13(20)21)18-15(22)11-5-7-12(17)8-6-11/h5-8,10,14H,4,9H2,1-3H3,(H,18,22)(H,20,21). The molecule has 0 radical (unpaired) electrons. The van der Waals surface area contributed by atoms with E-state index in [4.69, 9.17) is 16.7 Å². The molecule has 0 saturated carbocycles. The molecule has 0 fully saturated rings. The Balaban J connectivity index is 2.89. The van der Waals surface area contributed by atoms with E-state index >= 15 is 0 Å². The van der Waals surface area contributed by atoms with Crippen molar-refractivity contribution in [2.24, 2.45) is 5.92 Å². The molecule has 0 aliphatic heterocycles. The number of carbonyl (C=O) groups excluding carboxylic acids is 2. The second kappa shape index (κ2) is 8.53. The number of benzene rings is 1. The molecule has 2 amide bonds. The average molecular weight is 341 g/mol. The third kappa shape index (κ3) is 5.56. The highest BCUT2D eigenvalue weighted by Crippen LogP contribution is 2.13. The van der Waals surface area contributed by atoms with Gasteiger partial charge in [0.05, 0.1) is 0 Å². The predicted molar refractivity (Wildman–Crippen MR) is 87.4 cm³/mol. The zero-order valence-corrected chi connectivity index (χ0v) is 14.1. The van der Waals surface area contributed by atoms with Gasteiger partial charge in [-0.3, -0.25) is 14.4 Å². The molecule has 2 unspecified atom stereocenters. The fourth-order valence-electron chi connectivity index (χ4n) is 2.03. The summed E-state index contributed by atoms with van der Waals surface area (Å²) in [6.07, 6.45) is 0.665. The van der Waals surface area contributed by atoms with Gasteiger partial charge in [-0.1, -0.05) is 31.9 Å². The van der Waals surface area contributed by atoms with Crippen LogP contribution >= 0.6 is 11.6 Å². The maximum Gasteiger partial charge on any atom is 0.323 e. The molecule has 0 aromatic heterocycles. The molecule has 0 spiro atoms. The summed E-state index contributed by atoms with van der Waals surface area (Å²) in [5.74, 6) is -2.06. The maximum atomic E-state index is 12.4. The molecule has 0 heterocycles. The second-order valence-corrected chi connectivity index (χ2v) is 5.87. The molecule has 1 rings (SSSR count). The molecule has 0 aliphatic rings. The third-order valence-electron chi connectivity index (χ3n) is 3.62. The summed E-state index contributed by atoms with van der Waals surface area (Å²) in [7, 11) is 1.40. The minimum Gasteiger partial charge on any atom is -0.480 e. The van der Waals surface area contributed by atoms with Crippen molar-refractivity contribution < 1.29 is 19.5 Å². The number of carbonyl (C=O) groups is 3. The van der Waals surface area contributed by atoms with Crippen molar-refractivity contribution in [1.29, 1.82) is 0 Å². The minimum absolute atomic E-state index is 0.130. The molecule has 1 aromatic carbocycles. The Hall–Kier alpha value is -2.08. The van der Waals surface area contributed by atoms with E-state index in [1.807, 2.05) is 13.8 Å². The third-order valence-corrected chi connectivity index (χ3v) is 3.87. The first-order valence-corrected chi connectivity index (χ1v) is 7.67. The van der Waals surface area contributed by atoms with Crippen molar-refractivity contribution in [3.8, 4) is 0 Å². The van der Waals surface area contributed by atoms with E-state index in [2.05, 4.69) is 5.32 Å². The summed E-state index contributed by atoms with van der Waals surface area (Å²) in [4.78, 5) is 36.6. The van der Waals surface area contributed by atoms with Crippen molar-refractivity contribution >= 4 is 29.4 Å². The van der Waals surface area contributed by atoms with Crippen molar-refractivity contribution in [2.75, 3.05) is 13.6 Å². The van der Waals surface area contributed by atoms with Crippen molar-refractivity contribution in [3.05, 3.63) is 34.9 Å². The summed E-state index contributed by atoms with van der Waals surface area (Å²) in [5.41, 5.74) is 0.386. The van der Waals surface area contributed by atoms with Crippen LogP contribution in [0.3, 0.4) is 0 Å². The SMILES string of the molecule is CCC(C)C(NC(=O)c1ccc(Cl)cc1)C(=O)N(C)CC(=O)O. The van der Waals surface area contributed by atoms with Gasteiger partial charge < -0.3 is 15.3 Å². The Morgan fingerprint density at radius 1 is 1.26 bits per heavy atom. The molecular formula is C16H21ClN2O4. The van der Waals surface area contributed by atoms with Gasteiger partial charge in [-0.2, -0.15) is 0 Å². The lowest BCUT2D eigenvalue weighted by atomic mass is 9.97. The fourth-order valence-corrected chi connectivity index (χ4v) is 2.15. The summed E-state index contributed by atoms with van der Waals surface area (Å²) in [6, 6.07) is 5.53. The van der Waals surface area contributed by atoms with Crippen LogP contribution < -0.4 is 5.32 Å². The van der Waals surface area contributed by atoms with Crippen LogP contribution in [0, 0.1) is 5.92 Å². The number of hydrogen-bond donors (Lipinski definition) is 2. The van der Waals surface area contributed by atoms with Crippen LogP contribution in [0.25, 0.3) is 0 Å². The minimum atomic E-state index is -1.10. The van der Waals surface area contributed by atoms with E-state index in [-0.39, 0.29) is 5.92 Å². The van der Waals surface area contributed by atoms with E-state index in [9.17, 15) is 14.4 Å². The van der Waals surface area contributed by atoms with Gasteiger partial charge in [0, 0.05) is 17.6 Å². The number of carboxylic acid groups (broad SMARTS) is 1. The number of nitrogens with one attached hydrogen (secondary N) is 1. The lowest BCUT2D eigenvalue weighted by Crippen LogP contribution is -2.51. The highest BCUT2D eigenvalue weighted by Gasteiger charge is 2.29. The molecule has 2 N–H and O–H groups in total. The van der Waals surface area contributed by atoms with Crippen molar-refractivity contribution in [2.45, 2.75) is 26.3 Å². The Labute approximate surface area is 140 Å². The molecule has 0 aliphatic carbocycles. The van der Waals surface area contributed by atoms with Crippen LogP contribution in [-0.2, 0) is 9.59 Å². The first-order chi connectivity index (χ1) is 10.8. The Kier molecular flexibility index (Phi) is 7.03. The summed E-state index contributed by atoms with van der Waals surface area (Å²) in [6.45, 7) is 3.32. The molecular weight excluding hydrogens is 320 g/mol. The number of carboxylic acids is 1. The molecule has 2 atom stereocenters. The maximum absolute atomic E-state index is 12.4. The molecule has 126 valence electrons. The number of amides is 2. The average Bonchev–Trinajstić information content (AvgIpc) is 2.50. The van der Waals surface area contributed by atoms with Crippen LogP contribution in [-0.4, -0.2) is 47.4 Å². The number of rotatable bonds is 7. The van der Waals surface area contributed by atoms with Gasteiger partial charge in [0.25, 0.3) is 5.91 Å². The van der Waals surface area contributed by atoms with Crippen LogP contribution in [0.1, 0.15) is 30.6 Å². The first-order valence-electron chi connectivity index (χ1n) is 7.29. The van der Waals surface area contributed by atoms with E-state index in [1.54, 1.807) is 24.3 Å². The molecule has 0 saturated heterocycles. The zero-order valence-electron chi connectivity index (χ0n) is 13.4. The van der Waals surface area contributed by atoms with Gasteiger partial charge in [0.1, 0.15) is 12.6 Å². The lowest BCUT2D eigenvalue weighted by Gasteiger charge is -2.27. The van der Waals surface area contributed by atoms with Crippen LogP contribution in [0.5, 0.6) is 0 Å². The molecule has 6 nitrogen and oxygen atoms in total. The number of halogens is 1. The molecule has 0 bridgehead atoms. The molecule has 7 heteroatoms. The zero-order chi connectivity index (χ0) is 17.6. The lowest BCUT2D eigenvalue weighted by molar-refractivity contribution is -0.144. The first kappa shape index (κ1) is 19.0. The van der Waals surface area contributed by atoms with Gasteiger partial charge in [0.2, 0.25) is 5.91 Å². The Morgan fingerprint density at radius 3 is 2.30 bits per heavy atom. The largest absolute Gasteiger partial charge is 0.480 e. The van der Waals surface area contributed by atoms with E-state index in [1.165, 1.54) is 7.05 Å². The summed E-state index contributed by atoms with van der Waals surface area (Å²) >= 11 is 5.79. The summed E-state index contributed by atoms with van der Waals surface area (Å²) < 4.78 is 0. The van der Waals surface area contributed by atoms with E-state index < -0.39 is 30.4 Å². The van der Waals surface area contributed by atoms with Gasteiger partial charge in [0.15, 0.2) is 0 Å². The highest BCUT2D eigenvalue weighted by atomic mass is 35.5. The van der Waals surface area contributed by atoms with Crippen LogP contribution in [0.15, 0.2) is 24.3 Å². The monoisotopic (exact) mass is 340 g/mol. The van der Waals surface area contributed by atoms with Gasteiger partial charge in [-0.25, -0.2) is 0 Å². The van der Waals surface area contributed by atoms with Crippen molar-refractivity contribution in [1.82, 2.24) is 10.2 Å². The van der Waals surface area contributed by atoms with Gasteiger partial charge in [-0.15, -0.1) is 0 Å². The normalized spacial score (nSPS) is 13.0. The topological polar surface area (TPSA) is 86.7 Å². The number of aliphatic carboxylic acids is 1. The Morgan fingerprint density at radius 2 is 1.83 bits per heavy atom. The van der Waals surface area contributed by atoms with Crippen LogP contribution in [0.2, 0.25) is 5.02 Å². The fraction of sp³-hybridized carbons (Fsp3) is 0.438. The van der Waals surface area contributed by atoms with Crippen molar-refractivity contribution in [3.63, 3.8) is 0 Å². The number of likely N-dealkylation sites (N-methyl/N-ethyl adjacent to an activating group) is 1. The Bertz CT molecular complexity index is 574. The van der Waals surface area contributed by atoms with E-state index in [0.717, 1.165) is 4.90 Å². The van der Waals surface area contributed by atoms with Gasteiger partial charge >= 0.3 is 5.97 Å². The summed E-state index contributed by atoms with van der Waals surface area (Å²) in [5, 5.41) is 12.0. The number of hydrogen-bond acceptors (Lipinski definition) is 3. The quantitative estimate of drug-likeness (QED) is 0.795. The highest BCUT2D eigenvalue weighted by molar-refractivity contribution is 6.30. The smallest absolute Gasteiger partial charge is 0.323 e. The van der Waals surface area contributed by atoms with Crippen LogP contribution in [0.4, 0.5) is 0 Å². The van der Waals surface area contributed by atoms with E-state index in [0.29, 0.717) is 17.0 Å². The number of nitrogens with zero attached hydrogens (tertiary/aromatic N) is 1.